The largest absolute Gasteiger partial charge is 0.455 e. The van der Waals surface area contributed by atoms with E-state index in [1.807, 2.05) is 37.4 Å². The predicted octanol–water partition coefficient (Wildman–Crippen LogP) is 4.16. The van der Waals surface area contributed by atoms with Crippen LogP contribution in [0.15, 0.2) is 38.3 Å². The van der Waals surface area contributed by atoms with E-state index in [4.69, 9.17) is 16.6 Å². The highest BCUT2D eigenvalue weighted by Gasteiger charge is 2.07. The highest BCUT2D eigenvalue weighted by molar-refractivity contribution is 9.10. The van der Waals surface area contributed by atoms with E-state index in [1.54, 1.807) is 0 Å². The molecule has 0 aliphatic heterocycles. The maximum atomic E-state index is 5.71. The molecule has 0 aliphatic rings. The summed E-state index contributed by atoms with van der Waals surface area (Å²) in [7, 11) is 0. The number of thiocarbonyl (C=S) groups is 1. The molecule has 0 spiro atoms. The topological polar surface area (TPSA) is 37.5 Å². The van der Waals surface area contributed by atoms with E-state index in [0.29, 0.717) is 4.32 Å². The van der Waals surface area contributed by atoms with Crippen LogP contribution < -0.4 is 5.43 Å². The van der Waals surface area contributed by atoms with E-state index in [9.17, 15) is 0 Å². The first-order chi connectivity index (χ1) is 8.60. The first kappa shape index (κ1) is 13.6. The Morgan fingerprint density at radius 1 is 1.44 bits per heavy atom. The lowest BCUT2D eigenvalue weighted by atomic mass is 10.2. The van der Waals surface area contributed by atoms with Crippen molar-refractivity contribution in [3.63, 3.8) is 0 Å². The fraction of sp³-hybridized carbons (Fsp3) is 0.167. The molecule has 0 saturated carbocycles. The molecule has 1 N–H and O–H groups in total. The van der Waals surface area contributed by atoms with Gasteiger partial charge in [-0.3, -0.25) is 5.43 Å². The number of hydrazone groups is 1. The van der Waals surface area contributed by atoms with E-state index >= 15 is 0 Å². The number of nitrogens with zero attached hydrogens (tertiary/aromatic N) is 1. The van der Waals surface area contributed by atoms with Crippen molar-refractivity contribution in [1.29, 1.82) is 0 Å². The third kappa shape index (κ3) is 3.13. The van der Waals surface area contributed by atoms with Gasteiger partial charge in [-0.2, -0.15) is 5.10 Å². The van der Waals surface area contributed by atoms with Crippen molar-refractivity contribution in [3.05, 3.63) is 34.5 Å². The number of fused-ring (bicyclic) bond motifs is 1. The van der Waals surface area contributed by atoms with Crippen LogP contribution in [0.5, 0.6) is 0 Å². The Morgan fingerprint density at radius 2 is 2.22 bits per heavy atom. The molecule has 2 rings (SSSR count). The van der Waals surface area contributed by atoms with Gasteiger partial charge in [0.2, 0.25) is 0 Å². The van der Waals surface area contributed by atoms with Crippen LogP contribution in [0, 0.1) is 0 Å². The number of rotatable bonds is 2. The van der Waals surface area contributed by atoms with E-state index < -0.39 is 0 Å². The number of furan rings is 1. The minimum atomic E-state index is 0.633. The van der Waals surface area contributed by atoms with Gasteiger partial charge in [0.15, 0.2) is 10.1 Å². The Labute approximate surface area is 123 Å². The zero-order valence-corrected chi connectivity index (χ0v) is 13.1. The maximum absolute atomic E-state index is 5.71. The first-order valence-corrected chi connectivity index (χ1v) is 7.60. The lowest BCUT2D eigenvalue weighted by molar-refractivity contribution is 0.603. The minimum absolute atomic E-state index is 0.633. The van der Waals surface area contributed by atoms with Gasteiger partial charge in [0.25, 0.3) is 0 Å². The van der Waals surface area contributed by atoms with E-state index in [-0.39, 0.29) is 0 Å². The van der Waals surface area contributed by atoms with Crippen molar-refractivity contribution in [2.24, 2.45) is 5.10 Å². The summed E-state index contributed by atoms with van der Waals surface area (Å²) in [6.45, 7) is 1.88. The van der Waals surface area contributed by atoms with E-state index in [0.717, 1.165) is 26.9 Å². The highest BCUT2D eigenvalue weighted by atomic mass is 79.9. The van der Waals surface area contributed by atoms with Gasteiger partial charge in [-0.1, -0.05) is 39.9 Å². The molecule has 0 bridgehead atoms. The molecule has 3 nitrogen and oxygen atoms in total. The van der Waals surface area contributed by atoms with Crippen LogP contribution in [-0.2, 0) is 0 Å². The van der Waals surface area contributed by atoms with Crippen LogP contribution in [0.4, 0.5) is 0 Å². The Kier molecular flexibility index (Phi) is 4.42. The zero-order chi connectivity index (χ0) is 13.1. The average Bonchev–Trinajstić information content (AvgIpc) is 2.78. The molecule has 6 heteroatoms. The van der Waals surface area contributed by atoms with Crippen molar-refractivity contribution in [1.82, 2.24) is 5.43 Å². The molecule has 0 unspecified atom stereocenters. The van der Waals surface area contributed by atoms with Crippen molar-refractivity contribution < 1.29 is 4.42 Å². The Hall–Kier alpha value is -0.850. The molecule has 0 saturated heterocycles. The second kappa shape index (κ2) is 5.86. The molecule has 2 aromatic rings. The summed E-state index contributed by atoms with van der Waals surface area (Å²) >= 11 is 9.89. The minimum Gasteiger partial charge on any atom is -0.455 e. The monoisotopic (exact) mass is 342 g/mol. The van der Waals surface area contributed by atoms with Crippen molar-refractivity contribution in [2.45, 2.75) is 6.92 Å². The fourth-order valence-corrected chi connectivity index (χ4v) is 1.98. The molecular formula is C12H11BrN2OS2. The predicted molar refractivity (Wildman–Crippen MR) is 85.4 cm³/mol. The molecule has 1 heterocycles. The van der Waals surface area contributed by atoms with Crippen molar-refractivity contribution in [3.8, 4) is 0 Å². The molecule has 1 aromatic heterocycles. The summed E-state index contributed by atoms with van der Waals surface area (Å²) in [5, 5.41) is 5.22. The fourth-order valence-electron chi connectivity index (χ4n) is 1.42. The summed E-state index contributed by atoms with van der Waals surface area (Å²) in [4.78, 5) is 0. The molecule has 18 heavy (non-hydrogen) atoms. The van der Waals surface area contributed by atoms with Crippen molar-refractivity contribution in [2.75, 3.05) is 6.26 Å². The summed E-state index contributed by atoms with van der Waals surface area (Å²) in [6, 6.07) is 7.84. The zero-order valence-electron chi connectivity index (χ0n) is 9.86. The maximum Gasteiger partial charge on any atom is 0.153 e. The van der Waals surface area contributed by atoms with Crippen molar-refractivity contribution >= 4 is 60.9 Å². The van der Waals surface area contributed by atoms with Gasteiger partial charge in [0, 0.05) is 9.86 Å². The summed E-state index contributed by atoms with van der Waals surface area (Å²) in [6.07, 6.45) is 1.90. The molecule has 0 fully saturated rings. The normalized spacial score (nSPS) is 11.8. The molecule has 1 aromatic carbocycles. The number of hydrogen-bond donors (Lipinski definition) is 1. The number of nitrogens with one attached hydrogen (secondary N) is 1. The van der Waals surface area contributed by atoms with Crippen LogP contribution in [-0.4, -0.2) is 16.3 Å². The third-order valence-electron chi connectivity index (χ3n) is 2.34. The number of benzene rings is 1. The van der Waals surface area contributed by atoms with Crippen LogP contribution in [0.25, 0.3) is 11.0 Å². The lowest BCUT2D eigenvalue weighted by Crippen LogP contribution is -2.12. The summed E-state index contributed by atoms with van der Waals surface area (Å²) < 4.78 is 7.37. The van der Waals surface area contributed by atoms with Crippen LogP contribution in [0.1, 0.15) is 12.7 Å². The second-order valence-electron chi connectivity index (χ2n) is 3.59. The van der Waals surface area contributed by atoms with Gasteiger partial charge in [-0.05, 0) is 37.4 Å². The molecule has 0 radical (unpaired) electrons. The highest BCUT2D eigenvalue weighted by Crippen LogP contribution is 2.23. The van der Waals surface area contributed by atoms with Gasteiger partial charge in [0.05, 0.1) is 0 Å². The number of hydrogen-bond acceptors (Lipinski definition) is 4. The van der Waals surface area contributed by atoms with Gasteiger partial charge in [-0.25, -0.2) is 0 Å². The lowest BCUT2D eigenvalue weighted by Gasteiger charge is -1.99. The smallest absolute Gasteiger partial charge is 0.153 e. The SMILES string of the molecule is CSC(=S)N/N=C(\C)c1cc2cc(Br)ccc2o1. The average molecular weight is 343 g/mol. The van der Waals surface area contributed by atoms with Gasteiger partial charge in [0.1, 0.15) is 11.3 Å². The van der Waals surface area contributed by atoms with Crippen LogP contribution in [0.3, 0.4) is 0 Å². The Balaban J connectivity index is 2.28. The first-order valence-electron chi connectivity index (χ1n) is 5.18. The molecule has 94 valence electrons. The molecular weight excluding hydrogens is 332 g/mol. The summed E-state index contributed by atoms with van der Waals surface area (Å²) in [5.41, 5.74) is 4.40. The summed E-state index contributed by atoms with van der Waals surface area (Å²) in [5.74, 6) is 0.736. The standard InChI is InChI=1S/C12H11BrN2OS2/c1-7(14-15-12(17)18-2)11-6-8-5-9(13)3-4-10(8)16-11/h3-6H,1-2H3,(H,15,17)/b14-7+. The van der Waals surface area contributed by atoms with Gasteiger partial charge < -0.3 is 4.42 Å². The quantitative estimate of drug-likeness (QED) is 0.505. The van der Waals surface area contributed by atoms with Gasteiger partial charge in [-0.15, -0.1) is 0 Å². The van der Waals surface area contributed by atoms with Gasteiger partial charge >= 0.3 is 0 Å². The third-order valence-corrected chi connectivity index (χ3v) is 3.88. The van der Waals surface area contributed by atoms with Crippen LogP contribution in [0.2, 0.25) is 0 Å². The second-order valence-corrected chi connectivity index (χ2v) is 5.99. The van der Waals surface area contributed by atoms with E-state index in [1.165, 1.54) is 11.8 Å². The number of halogens is 1. The van der Waals surface area contributed by atoms with E-state index in [2.05, 4.69) is 26.5 Å². The molecule has 0 aliphatic carbocycles. The molecule has 0 atom stereocenters. The Morgan fingerprint density at radius 3 is 2.94 bits per heavy atom. The Bertz CT molecular complexity index is 622. The molecule has 0 amide bonds. The van der Waals surface area contributed by atoms with Crippen LogP contribution >= 0.6 is 39.9 Å². The number of thioether (sulfide) groups is 1.